The van der Waals surface area contributed by atoms with Crippen LogP contribution < -0.4 is 0 Å². The van der Waals surface area contributed by atoms with E-state index in [1.165, 1.54) is 51.4 Å². The molecule has 23 heavy (non-hydrogen) atoms. The molecule has 0 aromatic heterocycles. The number of rotatable bonds is 2. The van der Waals surface area contributed by atoms with Gasteiger partial charge in [-0.05, 0) is 85.9 Å². The largest absolute Gasteiger partial charge is 0.381 e. The summed E-state index contributed by atoms with van der Waals surface area (Å²) in [5.74, 6) is 3.53. The Kier molecular flexibility index (Phi) is 3.80. The molecule has 0 spiro atoms. The summed E-state index contributed by atoms with van der Waals surface area (Å²) < 4.78 is 5.68. The fraction of sp³-hybridized carbons (Fsp3) is 0.818. The molecule has 7 unspecified atom stereocenters. The van der Waals surface area contributed by atoms with Crippen molar-refractivity contribution in [3.63, 3.8) is 0 Å². The number of hydrogen-bond donors (Lipinski definition) is 0. The van der Waals surface area contributed by atoms with Gasteiger partial charge in [0.15, 0.2) is 0 Å². The summed E-state index contributed by atoms with van der Waals surface area (Å²) in [6.07, 6.45) is 16.2. The molecule has 3 saturated carbocycles. The van der Waals surface area contributed by atoms with Gasteiger partial charge in [-0.25, -0.2) is 0 Å². The van der Waals surface area contributed by atoms with Gasteiger partial charge in [-0.15, -0.1) is 6.58 Å². The predicted octanol–water partition coefficient (Wildman–Crippen LogP) is 5.77. The van der Waals surface area contributed by atoms with Crippen LogP contribution in [0.2, 0.25) is 0 Å². The summed E-state index contributed by atoms with van der Waals surface area (Å²) in [6, 6.07) is 0. The molecule has 0 aliphatic heterocycles. The molecule has 0 heterocycles. The average Bonchev–Trinajstić information content (AvgIpc) is 2.90. The smallest absolute Gasteiger partial charge is 0.0608 e. The van der Waals surface area contributed by atoms with Gasteiger partial charge in [0, 0.05) is 7.11 Å². The summed E-state index contributed by atoms with van der Waals surface area (Å²) in [5, 5.41) is 0. The van der Waals surface area contributed by atoms with Crippen molar-refractivity contribution >= 4 is 0 Å². The van der Waals surface area contributed by atoms with E-state index in [1.807, 2.05) is 7.11 Å². The highest BCUT2D eigenvalue weighted by Crippen LogP contribution is 2.66. The highest BCUT2D eigenvalue weighted by Gasteiger charge is 2.57. The second kappa shape index (κ2) is 5.48. The van der Waals surface area contributed by atoms with Gasteiger partial charge in [-0.3, -0.25) is 0 Å². The van der Waals surface area contributed by atoms with Gasteiger partial charge >= 0.3 is 0 Å². The van der Waals surface area contributed by atoms with Crippen LogP contribution in [0.4, 0.5) is 0 Å². The van der Waals surface area contributed by atoms with Crippen molar-refractivity contribution < 1.29 is 4.74 Å². The van der Waals surface area contributed by atoms with Gasteiger partial charge in [0.25, 0.3) is 0 Å². The quantitative estimate of drug-likeness (QED) is 0.588. The first kappa shape index (κ1) is 15.9. The topological polar surface area (TPSA) is 9.23 Å². The predicted molar refractivity (Wildman–Crippen MR) is 96.2 cm³/mol. The Hall–Kier alpha value is -0.560. The average molecular weight is 315 g/mol. The van der Waals surface area contributed by atoms with Gasteiger partial charge in [-0.1, -0.05) is 31.6 Å². The summed E-state index contributed by atoms with van der Waals surface area (Å²) in [6.45, 7) is 9.32. The lowest BCUT2D eigenvalue weighted by Crippen LogP contribution is -2.50. The van der Waals surface area contributed by atoms with E-state index in [0.717, 1.165) is 23.7 Å². The lowest BCUT2D eigenvalue weighted by Gasteiger charge is -2.58. The number of hydrogen-bond acceptors (Lipinski definition) is 1. The maximum absolute atomic E-state index is 5.68. The first-order chi connectivity index (χ1) is 11.0. The minimum absolute atomic E-state index is 0.464. The Labute approximate surface area is 142 Å². The number of methoxy groups -OCH3 is 1. The minimum Gasteiger partial charge on any atom is -0.381 e. The normalized spacial score (nSPS) is 52.1. The first-order valence-corrected chi connectivity index (χ1v) is 9.88. The molecule has 0 aromatic rings. The standard InChI is InChI=1S/C22H34O/c1-5-15-7-9-19-18-8-6-16-14-17(23-4)10-12-22(16,3)20(18)11-13-21(15,19)2/h5-6,15,17-20H,1,7-14H2,2-4H3. The zero-order chi connectivity index (χ0) is 16.2. The van der Waals surface area contributed by atoms with Crippen LogP contribution >= 0.6 is 0 Å². The van der Waals surface area contributed by atoms with Crippen molar-refractivity contribution in [1.29, 1.82) is 0 Å². The third-order valence-corrected chi connectivity index (χ3v) is 8.75. The van der Waals surface area contributed by atoms with E-state index < -0.39 is 0 Å². The fourth-order valence-corrected chi connectivity index (χ4v) is 7.26. The second-order valence-electron chi connectivity index (χ2n) is 9.32. The molecule has 0 aromatic carbocycles. The first-order valence-electron chi connectivity index (χ1n) is 9.88. The van der Waals surface area contributed by atoms with Crippen molar-refractivity contribution in [1.82, 2.24) is 0 Å². The Balaban J connectivity index is 1.64. The maximum Gasteiger partial charge on any atom is 0.0608 e. The zero-order valence-corrected chi connectivity index (χ0v) is 15.3. The van der Waals surface area contributed by atoms with E-state index >= 15 is 0 Å². The molecular weight excluding hydrogens is 280 g/mol. The summed E-state index contributed by atoms with van der Waals surface area (Å²) in [7, 11) is 1.89. The Bertz CT molecular complexity index is 520. The number of fused-ring (bicyclic) bond motifs is 5. The lowest BCUT2D eigenvalue weighted by atomic mass is 9.47. The van der Waals surface area contributed by atoms with E-state index in [9.17, 15) is 0 Å². The molecular formula is C22H34O. The van der Waals surface area contributed by atoms with Crippen molar-refractivity contribution in [2.75, 3.05) is 7.11 Å². The molecule has 7 atom stereocenters. The fourth-order valence-electron chi connectivity index (χ4n) is 7.26. The van der Waals surface area contributed by atoms with E-state index in [1.54, 1.807) is 5.57 Å². The zero-order valence-electron chi connectivity index (χ0n) is 15.3. The summed E-state index contributed by atoms with van der Waals surface area (Å²) in [5.41, 5.74) is 2.73. The van der Waals surface area contributed by atoms with E-state index in [4.69, 9.17) is 4.74 Å². The lowest BCUT2D eigenvalue weighted by molar-refractivity contribution is -0.0482. The molecule has 1 nitrogen and oxygen atoms in total. The highest BCUT2D eigenvalue weighted by molar-refractivity contribution is 5.25. The monoisotopic (exact) mass is 314 g/mol. The Morgan fingerprint density at radius 3 is 2.70 bits per heavy atom. The maximum atomic E-state index is 5.68. The summed E-state index contributed by atoms with van der Waals surface area (Å²) >= 11 is 0. The third kappa shape index (κ3) is 2.15. The van der Waals surface area contributed by atoms with Crippen LogP contribution in [0.1, 0.15) is 65.2 Å². The van der Waals surface area contributed by atoms with Crippen LogP contribution in [0, 0.1) is 34.5 Å². The van der Waals surface area contributed by atoms with Crippen LogP contribution in [-0.4, -0.2) is 13.2 Å². The molecule has 0 amide bonds. The van der Waals surface area contributed by atoms with Crippen LogP contribution in [-0.2, 0) is 4.74 Å². The van der Waals surface area contributed by atoms with Crippen molar-refractivity contribution in [2.24, 2.45) is 34.5 Å². The van der Waals surface area contributed by atoms with E-state index in [2.05, 4.69) is 32.6 Å². The van der Waals surface area contributed by atoms with Crippen LogP contribution in [0.25, 0.3) is 0 Å². The molecule has 4 aliphatic carbocycles. The SMILES string of the molecule is C=CC1CCC2C3CC=C4CC(OC)CCC4(C)C3CCC12C. The van der Waals surface area contributed by atoms with E-state index in [0.29, 0.717) is 16.9 Å². The Morgan fingerprint density at radius 2 is 1.96 bits per heavy atom. The number of allylic oxidation sites excluding steroid dienone is 2. The van der Waals surface area contributed by atoms with Crippen molar-refractivity contribution in [3.8, 4) is 0 Å². The molecule has 0 saturated heterocycles. The molecule has 4 aliphatic rings. The van der Waals surface area contributed by atoms with Crippen LogP contribution in [0.5, 0.6) is 0 Å². The molecule has 3 fully saturated rings. The second-order valence-corrected chi connectivity index (χ2v) is 9.32. The van der Waals surface area contributed by atoms with Gasteiger partial charge in [0.05, 0.1) is 6.10 Å². The van der Waals surface area contributed by atoms with Gasteiger partial charge in [0.1, 0.15) is 0 Å². The highest BCUT2D eigenvalue weighted by atomic mass is 16.5. The minimum atomic E-state index is 0.464. The van der Waals surface area contributed by atoms with Crippen molar-refractivity contribution in [2.45, 2.75) is 71.3 Å². The third-order valence-electron chi connectivity index (χ3n) is 8.75. The van der Waals surface area contributed by atoms with Gasteiger partial charge in [0.2, 0.25) is 0 Å². The molecule has 0 radical (unpaired) electrons. The molecule has 0 bridgehead atoms. The van der Waals surface area contributed by atoms with Crippen LogP contribution in [0.15, 0.2) is 24.3 Å². The Morgan fingerprint density at radius 1 is 1.13 bits per heavy atom. The summed E-state index contributed by atoms with van der Waals surface area (Å²) in [4.78, 5) is 0. The number of ether oxygens (including phenoxy) is 1. The van der Waals surface area contributed by atoms with Crippen molar-refractivity contribution in [3.05, 3.63) is 24.3 Å². The molecule has 1 heteroatoms. The van der Waals surface area contributed by atoms with Gasteiger partial charge in [-0.2, -0.15) is 0 Å². The molecule has 0 N–H and O–H groups in total. The molecule has 4 rings (SSSR count). The van der Waals surface area contributed by atoms with Gasteiger partial charge < -0.3 is 4.74 Å². The van der Waals surface area contributed by atoms with Crippen LogP contribution in [0.3, 0.4) is 0 Å². The molecule has 128 valence electrons. The van der Waals surface area contributed by atoms with E-state index in [-0.39, 0.29) is 0 Å².